The van der Waals surface area contributed by atoms with E-state index in [0.717, 1.165) is 74.8 Å². The van der Waals surface area contributed by atoms with Crippen molar-refractivity contribution in [2.24, 2.45) is 0 Å². The van der Waals surface area contributed by atoms with Crippen LogP contribution in [-0.4, -0.2) is 69.3 Å². The highest BCUT2D eigenvalue weighted by atomic mass is 32.3. The first-order valence-corrected chi connectivity index (χ1v) is 16.9. The van der Waals surface area contributed by atoms with Crippen LogP contribution in [0.2, 0.25) is 0 Å². The summed E-state index contributed by atoms with van der Waals surface area (Å²) in [5, 5.41) is 10.9. The van der Waals surface area contributed by atoms with Gasteiger partial charge in [-0.2, -0.15) is 22.8 Å². The molecule has 2 fully saturated rings. The standard InChI is InChI=1S/C29H46N6O6S/c1-5-9-17-29(16-8-4,18-10-6-2)34(21-11-7-3)40-42(37,38)41-35-24-12-13-25(33(22-24)28(35)36)27-32-31-26(39-27)23-14-19-30-20-15-23/h14-15,19-20,24-25H,5-13,16-18,21-22H2,1-4H3/t24-,25-/m0/s1. The molecule has 42 heavy (non-hydrogen) atoms. The minimum Gasteiger partial charge on any atom is -0.418 e. The third kappa shape index (κ3) is 7.47. The van der Waals surface area contributed by atoms with Crippen LogP contribution >= 0.6 is 0 Å². The molecule has 0 aliphatic carbocycles. The number of hydroxylamine groups is 4. The van der Waals surface area contributed by atoms with E-state index >= 15 is 0 Å². The van der Waals surface area contributed by atoms with E-state index in [0.29, 0.717) is 31.2 Å². The SMILES string of the molecule is CCCCN(OS(=O)(=O)ON1C(=O)N2C[C@@H]1CC[C@H]2c1nnc(-c2ccncc2)o1)C(CCC)(CCCC)CCCC. The molecule has 2 bridgehead atoms. The highest BCUT2D eigenvalue weighted by molar-refractivity contribution is 7.81. The molecule has 2 aliphatic rings. The van der Waals surface area contributed by atoms with Crippen molar-refractivity contribution in [2.75, 3.05) is 13.1 Å². The van der Waals surface area contributed by atoms with Crippen LogP contribution in [0.5, 0.6) is 0 Å². The molecular formula is C29H46N6O6S. The lowest BCUT2D eigenvalue weighted by Crippen LogP contribution is -2.51. The Morgan fingerprint density at radius 1 is 0.976 bits per heavy atom. The summed E-state index contributed by atoms with van der Waals surface area (Å²) in [6.45, 7) is 9.23. The fourth-order valence-electron chi connectivity index (χ4n) is 6.07. The lowest BCUT2D eigenvalue weighted by Gasteiger charge is -2.43. The normalized spacial score (nSPS) is 19.3. The second kappa shape index (κ2) is 14.7. The van der Waals surface area contributed by atoms with Crippen LogP contribution < -0.4 is 0 Å². The molecule has 0 aromatic carbocycles. The maximum atomic E-state index is 13.5. The van der Waals surface area contributed by atoms with E-state index in [1.165, 1.54) is 4.90 Å². The second-order valence-electron chi connectivity index (χ2n) is 11.4. The van der Waals surface area contributed by atoms with Gasteiger partial charge in [0.25, 0.3) is 0 Å². The lowest BCUT2D eigenvalue weighted by atomic mass is 9.82. The topological polar surface area (TPSA) is 131 Å². The maximum absolute atomic E-state index is 13.5. The number of carbonyl (C=O) groups is 1. The van der Waals surface area contributed by atoms with Gasteiger partial charge in [-0.05, 0) is 50.7 Å². The number of unbranched alkanes of at least 4 members (excludes halogenated alkanes) is 3. The second-order valence-corrected chi connectivity index (χ2v) is 12.5. The molecule has 4 heterocycles. The van der Waals surface area contributed by atoms with Gasteiger partial charge in [-0.3, -0.25) is 4.98 Å². The number of carbonyl (C=O) groups excluding carboxylic acids is 1. The van der Waals surface area contributed by atoms with Crippen molar-refractivity contribution in [1.29, 1.82) is 0 Å². The Morgan fingerprint density at radius 2 is 1.67 bits per heavy atom. The number of urea groups is 1. The zero-order valence-corrected chi connectivity index (χ0v) is 26.2. The average Bonchev–Trinajstić information content (AvgIpc) is 3.57. The lowest BCUT2D eigenvalue weighted by molar-refractivity contribution is -0.172. The monoisotopic (exact) mass is 606 g/mol. The molecule has 2 saturated heterocycles. The molecular weight excluding hydrogens is 560 g/mol. The molecule has 2 atom stereocenters. The van der Waals surface area contributed by atoms with Crippen LogP contribution in [0.1, 0.15) is 117 Å². The number of rotatable bonds is 18. The Bertz CT molecular complexity index is 1230. The third-order valence-electron chi connectivity index (χ3n) is 8.28. The smallest absolute Gasteiger partial charge is 0.418 e. The van der Waals surface area contributed by atoms with Crippen LogP contribution in [0.15, 0.2) is 28.9 Å². The van der Waals surface area contributed by atoms with Crippen molar-refractivity contribution in [3.05, 3.63) is 30.4 Å². The summed E-state index contributed by atoms with van der Waals surface area (Å²) in [6.07, 6.45) is 13.3. The fourth-order valence-corrected chi connectivity index (χ4v) is 6.93. The third-order valence-corrected chi connectivity index (χ3v) is 8.98. The summed E-state index contributed by atoms with van der Waals surface area (Å²) in [7, 11) is -4.58. The van der Waals surface area contributed by atoms with Crippen LogP contribution in [0.3, 0.4) is 0 Å². The molecule has 2 amide bonds. The van der Waals surface area contributed by atoms with Crippen molar-refractivity contribution < 1.29 is 26.2 Å². The van der Waals surface area contributed by atoms with Crippen molar-refractivity contribution in [2.45, 2.75) is 122 Å². The Balaban J connectivity index is 1.50. The number of piperidine rings is 1. The average molecular weight is 607 g/mol. The number of amides is 2. The summed E-state index contributed by atoms with van der Waals surface area (Å²) >= 11 is 0. The number of nitrogens with zero attached hydrogens (tertiary/aromatic N) is 6. The molecule has 0 unspecified atom stereocenters. The van der Waals surface area contributed by atoms with Gasteiger partial charge in [0, 0.05) is 36.6 Å². The van der Waals surface area contributed by atoms with E-state index in [1.54, 1.807) is 29.6 Å². The first-order valence-electron chi connectivity index (χ1n) is 15.5. The highest BCUT2D eigenvalue weighted by Gasteiger charge is 2.50. The van der Waals surface area contributed by atoms with Gasteiger partial charge in [-0.25, -0.2) is 4.79 Å². The molecule has 0 N–H and O–H groups in total. The predicted molar refractivity (Wildman–Crippen MR) is 157 cm³/mol. The molecule has 13 heteroatoms. The summed E-state index contributed by atoms with van der Waals surface area (Å²) in [4.78, 5) is 19.0. The fraction of sp³-hybridized carbons (Fsp3) is 0.724. The van der Waals surface area contributed by atoms with Crippen LogP contribution in [-0.2, 0) is 19.0 Å². The number of pyridine rings is 1. The van der Waals surface area contributed by atoms with E-state index in [2.05, 4.69) is 42.9 Å². The van der Waals surface area contributed by atoms with E-state index < -0.39 is 34.1 Å². The zero-order chi connectivity index (χ0) is 30.2. The predicted octanol–water partition coefficient (Wildman–Crippen LogP) is 6.20. The number of fused-ring (bicyclic) bond motifs is 2. The van der Waals surface area contributed by atoms with Crippen molar-refractivity contribution in [1.82, 2.24) is 30.2 Å². The molecule has 0 radical (unpaired) electrons. The first kappa shape index (κ1) is 32.3. The quantitative estimate of drug-likeness (QED) is 0.181. The van der Waals surface area contributed by atoms with E-state index in [9.17, 15) is 13.2 Å². The Labute approximate surface area is 250 Å². The van der Waals surface area contributed by atoms with Gasteiger partial charge in [-0.1, -0.05) is 66.2 Å². The summed E-state index contributed by atoms with van der Waals surface area (Å²) in [6, 6.07) is 2.06. The van der Waals surface area contributed by atoms with E-state index in [-0.39, 0.29) is 6.54 Å². The maximum Gasteiger partial charge on any atom is 0.437 e. The van der Waals surface area contributed by atoms with Crippen LogP contribution in [0.25, 0.3) is 11.5 Å². The van der Waals surface area contributed by atoms with Crippen molar-refractivity contribution in [3.63, 3.8) is 0 Å². The van der Waals surface area contributed by atoms with Gasteiger partial charge >= 0.3 is 16.4 Å². The first-order chi connectivity index (χ1) is 20.3. The summed E-state index contributed by atoms with van der Waals surface area (Å²) in [5.41, 5.74) is 0.305. The van der Waals surface area contributed by atoms with E-state index in [1.807, 2.05) is 0 Å². The molecule has 12 nitrogen and oxygen atoms in total. The molecule has 0 spiro atoms. The van der Waals surface area contributed by atoms with Gasteiger partial charge in [0.15, 0.2) is 0 Å². The number of aromatic nitrogens is 3. The Kier molecular flexibility index (Phi) is 11.3. The summed E-state index contributed by atoms with van der Waals surface area (Å²) < 4.78 is 44.1. The summed E-state index contributed by atoms with van der Waals surface area (Å²) in [5.74, 6) is 0.635. The van der Waals surface area contributed by atoms with Crippen LogP contribution in [0, 0.1) is 0 Å². The molecule has 2 aliphatic heterocycles. The van der Waals surface area contributed by atoms with Crippen LogP contribution in [0.4, 0.5) is 4.79 Å². The van der Waals surface area contributed by atoms with Gasteiger partial charge in [0.2, 0.25) is 11.8 Å². The Morgan fingerprint density at radius 3 is 2.31 bits per heavy atom. The highest BCUT2D eigenvalue weighted by Crippen LogP contribution is 2.40. The Hall–Kier alpha value is -2.61. The van der Waals surface area contributed by atoms with Gasteiger partial charge < -0.3 is 9.32 Å². The van der Waals surface area contributed by atoms with Gasteiger partial charge in [0.05, 0.1) is 6.04 Å². The van der Waals surface area contributed by atoms with Gasteiger partial charge in [0.1, 0.15) is 6.04 Å². The minimum absolute atomic E-state index is 0.290. The van der Waals surface area contributed by atoms with Gasteiger partial charge in [-0.15, -0.1) is 14.5 Å². The van der Waals surface area contributed by atoms with Crippen molar-refractivity contribution >= 4 is 16.4 Å². The molecule has 0 saturated carbocycles. The molecule has 2 aromatic rings. The number of hydrogen-bond acceptors (Lipinski definition) is 10. The molecule has 2 aromatic heterocycles. The molecule has 234 valence electrons. The minimum atomic E-state index is -4.58. The largest absolute Gasteiger partial charge is 0.437 e. The zero-order valence-electron chi connectivity index (χ0n) is 25.4. The van der Waals surface area contributed by atoms with E-state index in [4.69, 9.17) is 13.0 Å². The van der Waals surface area contributed by atoms with Crippen molar-refractivity contribution in [3.8, 4) is 11.5 Å². The number of hydrogen-bond donors (Lipinski definition) is 0. The molecule has 4 rings (SSSR count).